The Morgan fingerprint density at radius 3 is 1.52 bits per heavy atom. The summed E-state index contributed by atoms with van der Waals surface area (Å²) < 4.78 is 1.10. The Hall–Kier alpha value is -2.10. The molecule has 0 saturated heterocycles. The first-order valence-electron chi connectivity index (χ1n) is 8.16. The van der Waals surface area contributed by atoms with Crippen LogP contribution in [0.5, 0.6) is 0 Å². The zero-order valence-corrected chi connectivity index (χ0v) is 16.0. The average Bonchev–Trinajstić information content (AvgIpc) is 2.65. The van der Waals surface area contributed by atoms with Gasteiger partial charge < -0.3 is 5.73 Å². The molecule has 0 heterocycles. The Kier molecular flexibility index (Phi) is 5.90. The molecule has 2 N–H and O–H groups in total. The van der Waals surface area contributed by atoms with Crippen molar-refractivity contribution in [1.29, 1.82) is 0 Å². The monoisotopic (exact) mass is 363 g/mol. The largest absolute Gasteiger partial charge is 0.397 e. The Bertz CT molecular complexity index is 801. The van der Waals surface area contributed by atoms with E-state index in [-0.39, 0.29) is 0 Å². The number of benzene rings is 3. The van der Waals surface area contributed by atoms with Crippen LogP contribution in [-0.2, 0) is 0 Å². The van der Waals surface area contributed by atoms with E-state index in [1.165, 1.54) is 20.9 Å². The van der Waals surface area contributed by atoms with E-state index in [1.807, 2.05) is 18.2 Å². The molecule has 1 nitrogen and oxygen atoms in total. The van der Waals surface area contributed by atoms with Crippen molar-refractivity contribution in [2.45, 2.75) is 23.6 Å². The molecule has 126 valence electrons. The van der Waals surface area contributed by atoms with Crippen LogP contribution < -0.4 is 5.73 Å². The van der Waals surface area contributed by atoms with Crippen LogP contribution in [0, 0.1) is 13.8 Å². The second-order valence-corrected chi connectivity index (χ2v) is 8.32. The van der Waals surface area contributed by atoms with E-state index in [2.05, 4.69) is 74.5 Å². The molecular weight excluding hydrogens is 342 g/mol. The third kappa shape index (κ3) is 4.94. The second kappa shape index (κ2) is 8.32. The van der Waals surface area contributed by atoms with Crippen molar-refractivity contribution >= 4 is 29.2 Å². The molecule has 0 spiro atoms. The van der Waals surface area contributed by atoms with Crippen LogP contribution in [0.4, 0.5) is 0 Å². The van der Waals surface area contributed by atoms with Gasteiger partial charge in [0.1, 0.15) is 0 Å². The molecule has 3 aromatic rings. The Morgan fingerprint density at radius 1 is 0.640 bits per heavy atom. The van der Waals surface area contributed by atoms with Gasteiger partial charge in [-0.25, -0.2) is 0 Å². The predicted molar refractivity (Wildman–Crippen MR) is 112 cm³/mol. The van der Waals surface area contributed by atoms with E-state index in [9.17, 15) is 0 Å². The number of thioether (sulfide) groups is 2. The number of hydrogen-bond donors (Lipinski definition) is 1. The van der Waals surface area contributed by atoms with E-state index in [4.69, 9.17) is 5.73 Å². The van der Waals surface area contributed by atoms with Crippen LogP contribution >= 0.6 is 23.5 Å². The van der Waals surface area contributed by atoms with Crippen LogP contribution in [0.1, 0.15) is 16.7 Å². The van der Waals surface area contributed by atoms with Crippen LogP contribution in [0.3, 0.4) is 0 Å². The smallest absolute Gasteiger partial charge is 0.0734 e. The van der Waals surface area contributed by atoms with Gasteiger partial charge in [0.15, 0.2) is 0 Å². The number of aryl methyl sites for hydroxylation is 2. The highest BCUT2D eigenvalue weighted by molar-refractivity contribution is 8.22. The fourth-order valence-corrected chi connectivity index (χ4v) is 4.47. The molecule has 0 aliphatic carbocycles. The van der Waals surface area contributed by atoms with Gasteiger partial charge in [0.05, 0.1) is 9.93 Å². The minimum Gasteiger partial charge on any atom is -0.397 e. The van der Waals surface area contributed by atoms with Gasteiger partial charge in [0, 0.05) is 9.79 Å². The minimum atomic E-state index is 0.816. The molecule has 3 rings (SSSR count). The molecular formula is C22H21NS2. The van der Waals surface area contributed by atoms with Gasteiger partial charge in [-0.15, -0.1) is 0 Å². The zero-order valence-electron chi connectivity index (χ0n) is 14.4. The van der Waals surface area contributed by atoms with Crippen molar-refractivity contribution in [3.05, 3.63) is 99.8 Å². The van der Waals surface area contributed by atoms with Crippen molar-refractivity contribution in [1.82, 2.24) is 0 Å². The molecule has 0 unspecified atom stereocenters. The van der Waals surface area contributed by atoms with Crippen LogP contribution in [0.15, 0.2) is 92.9 Å². The van der Waals surface area contributed by atoms with Crippen LogP contribution in [-0.4, -0.2) is 0 Å². The molecule has 0 bridgehead atoms. The van der Waals surface area contributed by atoms with E-state index >= 15 is 0 Å². The molecule has 0 aliphatic heterocycles. The summed E-state index contributed by atoms with van der Waals surface area (Å²) in [6, 6.07) is 27.3. The Balaban J connectivity index is 1.95. The van der Waals surface area contributed by atoms with Crippen molar-refractivity contribution in [3.63, 3.8) is 0 Å². The summed E-state index contributed by atoms with van der Waals surface area (Å²) in [6.07, 6.45) is 0. The van der Waals surface area contributed by atoms with Gasteiger partial charge in [-0.2, -0.15) is 0 Å². The number of rotatable bonds is 5. The van der Waals surface area contributed by atoms with Crippen molar-refractivity contribution < 1.29 is 0 Å². The van der Waals surface area contributed by atoms with Gasteiger partial charge in [-0.05, 0) is 43.7 Å². The highest BCUT2D eigenvalue weighted by atomic mass is 32.2. The summed E-state index contributed by atoms with van der Waals surface area (Å²) in [5, 5.41) is 0. The lowest BCUT2D eigenvalue weighted by Gasteiger charge is -2.12. The quantitative estimate of drug-likeness (QED) is 0.526. The number of hydrogen-bond acceptors (Lipinski definition) is 3. The van der Waals surface area contributed by atoms with Gasteiger partial charge >= 0.3 is 0 Å². The standard InChI is InChI=1S/C22H21NS2/c1-16-8-12-19(13-9-16)24-22(21(23)18-6-4-3-5-7-18)25-20-14-10-17(2)11-15-20/h3-15H,23H2,1-2H3. The molecule has 25 heavy (non-hydrogen) atoms. The fourth-order valence-electron chi connectivity index (χ4n) is 2.29. The summed E-state index contributed by atoms with van der Waals surface area (Å²) in [5.41, 5.74) is 10.9. The summed E-state index contributed by atoms with van der Waals surface area (Å²) in [4.78, 5) is 2.39. The van der Waals surface area contributed by atoms with E-state index in [1.54, 1.807) is 23.5 Å². The topological polar surface area (TPSA) is 26.0 Å². The third-order valence-electron chi connectivity index (χ3n) is 3.77. The molecule has 0 aliphatic rings. The van der Waals surface area contributed by atoms with E-state index in [0.717, 1.165) is 15.5 Å². The highest BCUT2D eigenvalue weighted by Crippen LogP contribution is 2.42. The molecule has 3 heteroatoms. The summed E-state index contributed by atoms with van der Waals surface area (Å²) >= 11 is 3.43. The molecule has 0 saturated carbocycles. The summed E-state index contributed by atoms with van der Waals surface area (Å²) in [7, 11) is 0. The van der Waals surface area contributed by atoms with Crippen LogP contribution in [0.25, 0.3) is 5.70 Å². The molecule has 0 radical (unpaired) electrons. The van der Waals surface area contributed by atoms with Gasteiger partial charge in [0.2, 0.25) is 0 Å². The van der Waals surface area contributed by atoms with Crippen molar-refractivity contribution in [2.24, 2.45) is 5.73 Å². The Morgan fingerprint density at radius 2 is 1.08 bits per heavy atom. The number of nitrogens with two attached hydrogens (primary N) is 1. The summed E-state index contributed by atoms with van der Waals surface area (Å²) in [6.45, 7) is 4.20. The fraction of sp³-hybridized carbons (Fsp3) is 0.0909. The first-order valence-corrected chi connectivity index (χ1v) is 9.79. The normalized spacial score (nSPS) is 10.5. The highest BCUT2D eigenvalue weighted by Gasteiger charge is 2.11. The van der Waals surface area contributed by atoms with E-state index < -0.39 is 0 Å². The first kappa shape index (κ1) is 17.7. The lowest BCUT2D eigenvalue weighted by atomic mass is 10.2. The first-order chi connectivity index (χ1) is 12.1. The molecule has 0 amide bonds. The van der Waals surface area contributed by atoms with Gasteiger partial charge in [-0.3, -0.25) is 0 Å². The van der Waals surface area contributed by atoms with Crippen molar-refractivity contribution in [3.8, 4) is 0 Å². The van der Waals surface area contributed by atoms with Crippen molar-refractivity contribution in [2.75, 3.05) is 0 Å². The molecule has 0 aromatic heterocycles. The minimum absolute atomic E-state index is 0.816. The Labute approximate surface area is 158 Å². The lowest BCUT2D eigenvalue weighted by Crippen LogP contribution is -1.98. The molecule has 0 atom stereocenters. The molecule has 3 aromatic carbocycles. The third-order valence-corrected chi connectivity index (χ3v) is 6.09. The maximum absolute atomic E-state index is 6.53. The average molecular weight is 364 g/mol. The molecule has 0 fully saturated rings. The maximum Gasteiger partial charge on any atom is 0.0734 e. The maximum atomic E-state index is 6.53. The summed E-state index contributed by atoms with van der Waals surface area (Å²) in [5.74, 6) is 0. The van der Waals surface area contributed by atoms with Gasteiger partial charge in [-0.1, -0.05) is 89.2 Å². The SMILES string of the molecule is Cc1ccc(SC(Sc2ccc(C)cc2)=C(N)c2ccccc2)cc1. The lowest BCUT2D eigenvalue weighted by molar-refractivity contribution is 1.38. The second-order valence-electron chi connectivity index (χ2n) is 5.90. The predicted octanol–water partition coefficient (Wildman–Crippen LogP) is 6.47. The van der Waals surface area contributed by atoms with E-state index in [0.29, 0.717) is 0 Å². The van der Waals surface area contributed by atoms with Gasteiger partial charge in [0.25, 0.3) is 0 Å². The zero-order chi connectivity index (χ0) is 17.6. The van der Waals surface area contributed by atoms with Crippen LogP contribution in [0.2, 0.25) is 0 Å².